The summed E-state index contributed by atoms with van der Waals surface area (Å²) < 4.78 is 53.9. The van der Waals surface area contributed by atoms with E-state index in [1.165, 1.54) is 18.3 Å². The molecular formula is C11H6ClF2NO3S. The van der Waals surface area contributed by atoms with E-state index in [2.05, 4.69) is 4.98 Å². The Hall–Kier alpha value is -1.73. The van der Waals surface area contributed by atoms with Crippen LogP contribution in [0.15, 0.2) is 41.4 Å². The molecule has 0 spiro atoms. The first-order valence-corrected chi connectivity index (χ1v) is 7.22. The third-order valence-corrected chi connectivity index (χ3v) is 3.46. The topological polar surface area (TPSA) is 56.3 Å². The van der Waals surface area contributed by atoms with Gasteiger partial charge in [0.1, 0.15) is 4.90 Å². The van der Waals surface area contributed by atoms with Crippen molar-refractivity contribution in [2.75, 3.05) is 0 Å². The molecule has 0 atom stereocenters. The number of hydrogen-bond acceptors (Lipinski definition) is 4. The van der Waals surface area contributed by atoms with E-state index >= 15 is 0 Å². The Morgan fingerprint density at radius 3 is 2.58 bits per heavy atom. The summed E-state index contributed by atoms with van der Waals surface area (Å²) in [6.07, 6.45) is 1.23. The third-order valence-electron chi connectivity index (χ3n) is 2.12. The predicted molar refractivity (Wildman–Crippen MR) is 63.7 cm³/mol. The number of aromatic nitrogens is 1. The molecule has 0 aliphatic rings. The molecule has 0 fully saturated rings. The van der Waals surface area contributed by atoms with Gasteiger partial charge in [0.05, 0.1) is 0 Å². The largest absolute Gasteiger partial charge is 0.434 e. The minimum atomic E-state index is -4.11. The van der Waals surface area contributed by atoms with Gasteiger partial charge in [0.25, 0.3) is 9.05 Å². The molecule has 1 heterocycles. The fraction of sp³-hybridized carbons (Fsp3) is 0. The normalized spacial score (nSPS) is 11.3. The monoisotopic (exact) mass is 305 g/mol. The maximum absolute atomic E-state index is 13.4. The van der Waals surface area contributed by atoms with Gasteiger partial charge in [-0.25, -0.2) is 17.8 Å². The average Bonchev–Trinajstić information content (AvgIpc) is 2.34. The van der Waals surface area contributed by atoms with Gasteiger partial charge >= 0.3 is 0 Å². The molecule has 0 aliphatic heterocycles. The van der Waals surface area contributed by atoms with Gasteiger partial charge in [0, 0.05) is 16.9 Å². The van der Waals surface area contributed by atoms with Gasteiger partial charge in [0.15, 0.2) is 11.6 Å². The van der Waals surface area contributed by atoms with E-state index in [4.69, 9.17) is 15.4 Å². The first kappa shape index (κ1) is 13.7. The van der Waals surface area contributed by atoms with Gasteiger partial charge < -0.3 is 4.74 Å². The number of halogens is 3. The zero-order chi connectivity index (χ0) is 14.0. The summed E-state index contributed by atoms with van der Waals surface area (Å²) in [5.74, 6) is -3.28. The van der Waals surface area contributed by atoms with Crippen LogP contribution >= 0.6 is 10.7 Å². The van der Waals surface area contributed by atoms with Crippen LogP contribution in [0.25, 0.3) is 0 Å². The van der Waals surface area contributed by atoms with Crippen molar-refractivity contribution in [1.82, 2.24) is 4.98 Å². The Kier molecular flexibility index (Phi) is 3.68. The molecule has 0 amide bonds. The zero-order valence-corrected chi connectivity index (χ0v) is 10.8. The lowest BCUT2D eigenvalue weighted by Gasteiger charge is -2.08. The molecule has 19 heavy (non-hydrogen) atoms. The number of ether oxygens (including phenoxy) is 1. The SMILES string of the molecule is O=S(=O)(Cl)c1cccnc1Oc1cccc(F)c1F. The molecule has 1 aromatic heterocycles. The van der Waals surface area contributed by atoms with Crippen LogP contribution in [0.3, 0.4) is 0 Å². The second-order valence-corrected chi connectivity index (χ2v) is 5.93. The first-order valence-electron chi connectivity index (χ1n) is 4.91. The van der Waals surface area contributed by atoms with Gasteiger partial charge in [-0.15, -0.1) is 0 Å². The Bertz CT molecular complexity index is 722. The maximum atomic E-state index is 13.4. The highest BCUT2D eigenvalue weighted by molar-refractivity contribution is 8.13. The fourth-order valence-electron chi connectivity index (χ4n) is 1.31. The Labute approximate surface area is 112 Å². The average molecular weight is 306 g/mol. The summed E-state index contributed by atoms with van der Waals surface area (Å²) in [5, 5.41) is 0. The van der Waals surface area contributed by atoms with Crippen molar-refractivity contribution in [2.45, 2.75) is 4.90 Å². The van der Waals surface area contributed by atoms with E-state index in [0.717, 1.165) is 18.2 Å². The van der Waals surface area contributed by atoms with E-state index in [9.17, 15) is 17.2 Å². The van der Waals surface area contributed by atoms with Crippen LogP contribution in [0.2, 0.25) is 0 Å². The third kappa shape index (κ3) is 2.99. The van der Waals surface area contributed by atoms with Gasteiger partial charge in [-0.3, -0.25) is 0 Å². The highest BCUT2D eigenvalue weighted by Crippen LogP contribution is 2.30. The molecule has 2 aromatic rings. The van der Waals surface area contributed by atoms with Crippen molar-refractivity contribution < 1.29 is 21.9 Å². The van der Waals surface area contributed by atoms with Crippen molar-refractivity contribution in [3.8, 4) is 11.6 Å². The fourth-order valence-corrected chi connectivity index (χ4v) is 2.20. The molecule has 0 saturated heterocycles. The highest BCUT2D eigenvalue weighted by Gasteiger charge is 2.20. The second-order valence-electron chi connectivity index (χ2n) is 3.40. The number of rotatable bonds is 3. The zero-order valence-electron chi connectivity index (χ0n) is 9.18. The van der Waals surface area contributed by atoms with E-state index in [0.29, 0.717) is 0 Å². The summed E-state index contributed by atoms with van der Waals surface area (Å²) in [6.45, 7) is 0. The number of benzene rings is 1. The van der Waals surface area contributed by atoms with E-state index < -0.39 is 37.2 Å². The lowest BCUT2D eigenvalue weighted by Crippen LogP contribution is -1.99. The van der Waals surface area contributed by atoms with Crippen molar-refractivity contribution in [3.63, 3.8) is 0 Å². The lowest BCUT2D eigenvalue weighted by molar-refractivity contribution is 0.397. The number of pyridine rings is 1. The van der Waals surface area contributed by atoms with Crippen LogP contribution in [-0.2, 0) is 9.05 Å². The molecule has 0 N–H and O–H groups in total. The van der Waals surface area contributed by atoms with Crippen LogP contribution in [0.1, 0.15) is 0 Å². The van der Waals surface area contributed by atoms with Crippen molar-refractivity contribution in [2.24, 2.45) is 0 Å². The van der Waals surface area contributed by atoms with Crippen LogP contribution in [0.5, 0.6) is 11.6 Å². The summed E-state index contributed by atoms with van der Waals surface area (Å²) in [5.41, 5.74) is 0. The molecule has 0 radical (unpaired) electrons. The summed E-state index contributed by atoms with van der Waals surface area (Å²) in [4.78, 5) is 3.21. The van der Waals surface area contributed by atoms with Crippen LogP contribution in [-0.4, -0.2) is 13.4 Å². The van der Waals surface area contributed by atoms with E-state index in [1.807, 2.05) is 0 Å². The summed E-state index contributed by atoms with van der Waals surface area (Å²) >= 11 is 0. The molecule has 4 nitrogen and oxygen atoms in total. The van der Waals surface area contributed by atoms with Gasteiger partial charge in [-0.1, -0.05) is 6.07 Å². The van der Waals surface area contributed by atoms with Crippen LogP contribution in [0.4, 0.5) is 8.78 Å². The minimum absolute atomic E-state index is 0.429. The number of hydrogen-bond donors (Lipinski definition) is 0. The van der Waals surface area contributed by atoms with Crippen LogP contribution < -0.4 is 4.74 Å². The molecule has 8 heteroatoms. The molecule has 0 bridgehead atoms. The Balaban J connectivity index is 2.48. The molecule has 100 valence electrons. The molecule has 0 saturated carbocycles. The van der Waals surface area contributed by atoms with Gasteiger partial charge in [-0.05, 0) is 24.3 Å². The Morgan fingerprint density at radius 1 is 1.16 bits per heavy atom. The molecule has 0 unspecified atom stereocenters. The van der Waals surface area contributed by atoms with E-state index in [1.54, 1.807) is 0 Å². The van der Waals surface area contributed by atoms with Gasteiger partial charge in [0.2, 0.25) is 11.7 Å². The maximum Gasteiger partial charge on any atom is 0.266 e. The van der Waals surface area contributed by atoms with Gasteiger partial charge in [-0.2, -0.15) is 4.39 Å². The smallest absolute Gasteiger partial charge is 0.266 e. The predicted octanol–water partition coefficient (Wildman–Crippen LogP) is 3.08. The Morgan fingerprint density at radius 2 is 1.89 bits per heavy atom. The van der Waals surface area contributed by atoms with Crippen molar-refractivity contribution >= 4 is 19.7 Å². The lowest BCUT2D eigenvalue weighted by atomic mass is 10.3. The molecule has 2 rings (SSSR count). The standard InChI is InChI=1S/C11H6ClF2NO3S/c12-19(16,17)9-5-2-6-15-11(9)18-8-4-1-3-7(13)10(8)14/h1-6H. The minimum Gasteiger partial charge on any atom is -0.434 e. The van der Waals surface area contributed by atoms with Crippen molar-refractivity contribution in [3.05, 3.63) is 48.2 Å². The van der Waals surface area contributed by atoms with Crippen molar-refractivity contribution in [1.29, 1.82) is 0 Å². The summed E-state index contributed by atoms with van der Waals surface area (Å²) in [6, 6.07) is 5.72. The van der Waals surface area contributed by atoms with E-state index in [-0.39, 0.29) is 0 Å². The summed E-state index contributed by atoms with van der Waals surface area (Å²) in [7, 11) is 1.08. The molecular weight excluding hydrogens is 300 g/mol. The molecule has 0 aliphatic carbocycles. The highest BCUT2D eigenvalue weighted by atomic mass is 35.7. The first-order chi connectivity index (χ1) is 8.89. The number of nitrogens with zero attached hydrogens (tertiary/aromatic N) is 1. The van der Waals surface area contributed by atoms with Crippen LogP contribution in [0, 0.1) is 11.6 Å². The second kappa shape index (κ2) is 5.10. The molecule has 1 aromatic carbocycles. The quantitative estimate of drug-likeness (QED) is 0.818.